The molecule has 0 spiro atoms. The van der Waals surface area contributed by atoms with Crippen molar-refractivity contribution in [1.29, 1.82) is 0 Å². The average molecular weight is 377 g/mol. The van der Waals surface area contributed by atoms with Crippen molar-refractivity contribution in [3.05, 3.63) is 34.3 Å². The molecule has 2 rings (SSSR count). The van der Waals surface area contributed by atoms with Crippen molar-refractivity contribution in [2.24, 2.45) is 0 Å². The summed E-state index contributed by atoms with van der Waals surface area (Å²) in [5.41, 5.74) is 0.811. The van der Waals surface area contributed by atoms with E-state index in [4.69, 9.17) is 5.11 Å². The van der Waals surface area contributed by atoms with Crippen LogP contribution in [0.15, 0.2) is 28.7 Å². The summed E-state index contributed by atoms with van der Waals surface area (Å²) in [6.45, 7) is 0.380. The molecule has 1 aromatic rings. The first-order valence-corrected chi connectivity index (χ1v) is 8.87. The molecule has 1 unspecified atom stereocenters. The molecule has 1 heterocycles. The van der Waals surface area contributed by atoms with Crippen LogP contribution in [0.25, 0.3) is 0 Å². The molecule has 0 aliphatic carbocycles. The van der Waals surface area contributed by atoms with Crippen molar-refractivity contribution in [1.82, 2.24) is 9.03 Å². The summed E-state index contributed by atoms with van der Waals surface area (Å²) in [5, 5.41) is 9.15. The molecule has 1 aromatic carbocycles. The third kappa shape index (κ3) is 4.26. The van der Waals surface area contributed by atoms with E-state index in [0.717, 1.165) is 20.8 Å². The van der Waals surface area contributed by atoms with Gasteiger partial charge in [-0.15, -0.1) is 0 Å². The van der Waals surface area contributed by atoms with Gasteiger partial charge in [-0.2, -0.15) is 17.4 Å². The molecule has 1 aliphatic rings. The number of carbonyl (C=O) groups is 1. The van der Waals surface area contributed by atoms with E-state index < -0.39 is 22.2 Å². The number of benzene rings is 1. The third-order valence-electron chi connectivity index (χ3n) is 3.42. The van der Waals surface area contributed by atoms with Gasteiger partial charge in [-0.25, -0.2) is 0 Å². The second-order valence-electron chi connectivity index (χ2n) is 4.91. The highest BCUT2D eigenvalue weighted by Crippen LogP contribution is 2.20. The zero-order chi connectivity index (χ0) is 15.5. The first-order chi connectivity index (χ1) is 9.90. The van der Waals surface area contributed by atoms with Crippen LogP contribution in [-0.4, -0.2) is 36.4 Å². The van der Waals surface area contributed by atoms with E-state index in [-0.39, 0.29) is 13.1 Å². The van der Waals surface area contributed by atoms with Gasteiger partial charge in [0.25, 0.3) is 10.2 Å². The normalized spacial score (nSPS) is 20.3. The Morgan fingerprint density at radius 1 is 1.33 bits per heavy atom. The van der Waals surface area contributed by atoms with Crippen molar-refractivity contribution in [2.45, 2.75) is 31.8 Å². The average Bonchev–Trinajstić information content (AvgIpc) is 2.47. The number of carboxylic acid groups (broad SMARTS) is 1. The van der Waals surface area contributed by atoms with E-state index in [0.29, 0.717) is 12.8 Å². The van der Waals surface area contributed by atoms with Gasteiger partial charge < -0.3 is 5.11 Å². The van der Waals surface area contributed by atoms with Gasteiger partial charge in [-0.1, -0.05) is 28.1 Å². The lowest BCUT2D eigenvalue weighted by Gasteiger charge is -2.31. The highest BCUT2D eigenvalue weighted by atomic mass is 79.9. The van der Waals surface area contributed by atoms with Crippen LogP contribution in [0.2, 0.25) is 0 Å². The molecule has 1 aliphatic heterocycles. The van der Waals surface area contributed by atoms with Gasteiger partial charge in [0.15, 0.2) is 0 Å². The van der Waals surface area contributed by atoms with E-state index in [1.54, 1.807) is 12.1 Å². The topological polar surface area (TPSA) is 86.7 Å². The van der Waals surface area contributed by atoms with Crippen LogP contribution >= 0.6 is 15.9 Å². The molecule has 1 saturated heterocycles. The summed E-state index contributed by atoms with van der Waals surface area (Å²) >= 11 is 3.31. The molecule has 6 nitrogen and oxygen atoms in total. The Bertz CT molecular complexity index is 603. The highest BCUT2D eigenvalue weighted by molar-refractivity contribution is 9.10. The number of piperidine rings is 1. The number of halogens is 1. The lowest BCUT2D eigenvalue weighted by Crippen LogP contribution is -2.51. The Morgan fingerprint density at radius 2 is 2.00 bits per heavy atom. The smallest absolute Gasteiger partial charge is 0.322 e. The Labute approximate surface area is 132 Å². The first-order valence-electron chi connectivity index (χ1n) is 6.64. The molecule has 1 atom stereocenters. The number of carboxylic acids is 1. The molecule has 8 heteroatoms. The number of rotatable bonds is 5. The predicted molar refractivity (Wildman–Crippen MR) is 81.9 cm³/mol. The van der Waals surface area contributed by atoms with E-state index in [9.17, 15) is 13.2 Å². The van der Waals surface area contributed by atoms with E-state index in [1.807, 2.05) is 12.1 Å². The minimum Gasteiger partial charge on any atom is -0.480 e. The highest BCUT2D eigenvalue weighted by Gasteiger charge is 2.36. The molecule has 0 amide bonds. The number of nitrogens with one attached hydrogen (secondary N) is 1. The molecule has 0 saturated carbocycles. The van der Waals surface area contributed by atoms with Crippen molar-refractivity contribution < 1.29 is 18.3 Å². The molecular weight excluding hydrogens is 360 g/mol. The van der Waals surface area contributed by atoms with Gasteiger partial charge in [0.05, 0.1) is 0 Å². The Morgan fingerprint density at radius 3 is 2.62 bits per heavy atom. The minimum atomic E-state index is -3.80. The van der Waals surface area contributed by atoms with Gasteiger partial charge >= 0.3 is 5.97 Å². The Kier molecular flexibility index (Phi) is 5.37. The molecule has 0 bridgehead atoms. The van der Waals surface area contributed by atoms with Crippen molar-refractivity contribution in [3.63, 3.8) is 0 Å². The Hall–Kier alpha value is -0.960. The molecule has 0 radical (unpaired) electrons. The fraction of sp³-hybridized carbons (Fsp3) is 0.462. The van der Waals surface area contributed by atoms with Crippen LogP contribution in [0.1, 0.15) is 24.8 Å². The van der Waals surface area contributed by atoms with E-state index >= 15 is 0 Å². The fourth-order valence-corrected chi connectivity index (χ4v) is 3.98. The second kappa shape index (κ2) is 6.87. The number of nitrogens with zero attached hydrogens (tertiary/aromatic N) is 1. The number of hydrogen-bond acceptors (Lipinski definition) is 3. The monoisotopic (exact) mass is 376 g/mol. The molecule has 0 aromatic heterocycles. The van der Waals surface area contributed by atoms with Crippen molar-refractivity contribution in [3.8, 4) is 0 Å². The Balaban J connectivity index is 2.06. The quantitative estimate of drug-likeness (QED) is 0.818. The molecule has 2 N–H and O–H groups in total. The maximum absolute atomic E-state index is 12.3. The van der Waals surface area contributed by atoms with E-state index in [1.165, 1.54) is 0 Å². The molecule has 1 fully saturated rings. The van der Waals surface area contributed by atoms with Crippen LogP contribution in [0, 0.1) is 0 Å². The second-order valence-corrected chi connectivity index (χ2v) is 7.54. The van der Waals surface area contributed by atoms with Crippen LogP contribution < -0.4 is 4.72 Å². The third-order valence-corrected chi connectivity index (χ3v) is 5.51. The minimum absolute atomic E-state index is 0.137. The lowest BCUT2D eigenvalue weighted by molar-refractivity contribution is -0.142. The zero-order valence-electron chi connectivity index (χ0n) is 11.3. The summed E-state index contributed by atoms with van der Waals surface area (Å²) in [6, 6.07) is 6.28. The number of aliphatic carboxylic acids is 1. The summed E-state index contributed by atoms with van der Waals surface area (Å²) < 4.78 is 29.0. The molecule has 116 valence electrons. The first kappa shape index (κ1) is 16.4. The van der Waals surface area contributed by atoms with Gasteiger partial charge in [0.2, 0.25) is 0 Å². The largest absolute Gasteiger partial charge is 0.480 e. The summed E-state index contributed by atoms with van der Waals surface area (Å²) in [7, 11) is -3.80. The van der Waals surface area contributed by atoms with Gasteiger partial charge in [0.1, 0.15) is 6.04 Å². The molecular formula is C13H17BrN2O4S. The predicted octanol–water partition coefficient (Wildman–Crippen LogP) is 1.72. The number of hydrogen-bond donors (Lipinski definition) is 2. The fourth-order valence-electron chi connectivity index (χ4n) is 2.30. The van der Waals surface area contributed by atoms with Gasteiger partial charge in [-0.3, -0.25) is 4.79 Å². The van der Waals surface area contributed by atoms with Gasteiger partial charge in [-0.05, 0) is 37.0 Å². The van der Waals surface area contributed by atoms with Crippen LogP contribution in [-0.2, 0) is 21.5 Å². The zero-order valence-corrected chi connectivity index (χ0v) is 13.7. The van der Waals surface area contributed by atoms with Crippen LogP contribution in [0.4, 0.5) is 0 Å². The van der Waals surface area contributed by atoms with E-state index in [2.05, 4.69) is 20.7 Å². The van der Waals surface area contributed by atoms with Gasteiger partial charge in [0, 0.05) is 17.6 Å². The lowest BCUT2D eigenvalue weighted by atomic mass is 10.1. The van der Waals surface area contributed by atoms with Crippen LogP contribution in [0.5, 0.6) is 0 Å². The van der Waals surface area contributed by atoms with Crippen molar-refractivity contribution >= 4 is 32.1 Å². The SMILES string of the molecule is O=C(O)C1CCCCN1S(=O)(=O)NCc1ccc(Br)cc1. The summed E-state index contributed by atoms with van der Waals surface area (Å²) in [6.07, 6.45) is 1.77. The summed E-state index contributed by atoms with van der Waals surface area (Å²) in [5.74, 6) is -1.09. The van der Waals surface area contributed by atoms with Crippen molar-refractivity contribution in [2.75, 3.05) is 6.54 Å². The maximum atomic E-state index is 12.3. The summed E-state index contributed by atoms with van der Waals surface area (Å²) in [4.78, 5) is 11.2. The van der Waals surface area contributed by atoms with Crippen LogP contribution in [0.3, 0.4) is 0 Å². The molecule has 21 heavy (non-hydrogen) atoms. The standard InChI is InChI=1S/C13H17BrN2O4S/c14-11-6-4-10(5-7-11)9-15-21(19,20)16-8-2-1-3-12(16)13(17)18/h4-7,12,15H,1-3,8-9H2,(H,17,18). The maximum Gasteiger partial charge on any atom is 0.322 e.